The first-order valence-electron chi connectivity index (χ1n) is 22.8. The van der Waals surface area contributed by atoms with Crippen molar-refractivity contribution in [2.24, 2.45) is 30.7 Å². The number of aryl methyl sites for hydroxylation is 1. The number of para-hydroxylation sites is 2. The zero-order valence-electron chi connectivity index (χ0n) is 42.5. The number of hydrogen-bond acceptors (Lipinski definition) is 25. The highest BCUT2D eigenvalue weighted by molar-refractivity contribution is 9.10. The number of aromatic hydroxyl groups is 1. The highest BCUT2D eigenvalue weighted by atomic mass is 79.9. The molecule has 0 amide bonds. The first-order valence-corrected chi connectivity index (χ1v) is 31.3. The van der Waals surface area contributed by atoms with Crippen LogP contribution in [0.4, 0.5) is 32.9 Å². The number of hydrogen-bond donors (Lipinski definition) is 5. The van der Waals surface area contributed by atoms with Crippen LogP contribution in [0.2, 0.25) is 0 Å². The molecule has 3 heterocycles. The summed E-state index contributed by atoms with van der Waals surface area (Å²) >= 11 is 4.64. The quantitative estimate of drug-likeness (QED) is 0.0384. The Labute approximate surface area is 485 Å². The Morgan fingerprint density at radius 1 is 0.747 bits per heavy atom. The van der Waals surface area contributed by atoms with Crippen molar-refractivity contribution in [1.29, 1.82) is 5.26 Å². The van der Waals surface area contributed by atoms with Gasteiger partial charge in [0.2, 0.25) is 11.0 Å². The number of pyridine rings is 1. The summed E-state index contributed by atoms with van der Waals surface area (Å²) in [7, 11) is -18.7. The summed E-state index contributed by atoms with van der Waals surface area (Å²) in [6.07, 6.45) is 0.636. The second kappa shape index (κ2) is 27.2. The molecule has 35 heteroatoms. The monoisotopic (exact) mass is 1310 g/mol. The number of nitrogens with zero attached hydrogens (tertiary/aromatic N) is 10. The van der Waals surface area contributed by atoms with E-state index in [0.29, 0.717) is 61.3 Å². The smallest absolute Gasteiger partial charge is 0.425 e. The van der Waals surface area contributed by atoms with Gasteiger partial charge < -0.3 is 14.9 Å². The Kier molecular flexibility index (Phi) is 20.9. The van der Waals surface area contributed by atoms with Crippen molar-refractivity contribution < 1.29 is 79.1 Å². The van der Waals surface area contributed by atoms with Gasteiger partial charge in [0.1, 0.15) is 33.7 Å². The molecule has 0 unspecified atom stereocenters. The number of nitriles is 1. The minimum Gasteiger partial charge on any atom is -0.493 e. The van der Waals surface area contributed by atoms with Gasteiger partial charge in [-0.05, 0) is 106 Å². The molecule has 0 fully saturated rings. The van der Waals surface area contributed by atoms with Crippen LogP contribution in [0.15, 0.2) is 143 Å². The zero-order chi connectivity index (χ0) is 61.1. The van der Waals surface area contributed by atoms with Gasteiger partial charge in [0.05, 0.1) is 47.6 Å². The Hall–Kier alpha value is -8.28. The van der Waals surface area contributed by atoms with Crippen LogP contribution in [-0.2, 0) is 58.2 Å². The molecule has 0 aliphatic carbocycles. The van der Waals surface area contributed by atoms with Crippen LogP contribution in [0.1, 0.15) is 28.7 Å². The zero-order valence-corrected chi connectivity index (χ0v) is 49.0. The first-order chi connectivity index (χ1) is 39.0. The number of fused-ring (bicyclic) bond motifs is 5. The minimum absolute atomic E-state index is 0.00380. The van der Waals surface area contributed by atoms with E-state index in [1.807, 2.05) is 24.3 Å². The average molecular weight is 1320 g/mol. The SMILES string of the molecule is CS(=O)(=O)O.Cc1cc(N=Nc2c(C)c(C#N)c3nc4ccccc4n3c2O)c(OCCCS(=O)(=O)O)cc1N=Nc1nc(-c2ccc3c(Br)c(CO)ccc3c2)c(N=Nc2ccc3cccc(S(=O)(=O)O)c3c2)s1.O=S(=O)=O.O=S(=O)=O. The van der Waals surface area contributed by atoms with Gasteiger partial charge in [0, 0.05) is 27.1 Å². The molecule has 0 aliphatic heterocycles. The molecule has 0 atom stereocenters. The molecule has 5 N–H and O–H groups in total. The maximum Gasteiger partial charge on any atom is 0.425 e. The maximum absolute atomic E-state index is 12.2. The molecule has 0 bridgehead atoms. The number of thiazole rings is 1. The Bertz CT molecular complexity index is 4720. The third kappa shape index (κ3) is 17.1. The largest absolute Gasteiger partial charge is 0.493 e. The molecule has 83 heavy (non-hydrogen) atoms. The van der Waals surface area contributed by atoms with E-state index in [4.69, 9.17) is 39.5 Å². The van der Waals surface area contributed by atoms with Crippen LogP contribution in [0.3, 0.4) is 0 Å². The van der Waals surface area contributed by atoms with Crippen LogP contribution in [0, 0.1) is 25.2 Å². The average Bonchev–Trinajstić information content (AvgIpc) is 4.25. The highest BCUT2D eigenvalue weighted by Crippen LogP contribution is 2.45. The number of rotatable bonds is 14. The predicted octanol–water partition coefficient (Wildman–Crippen LogP) is 10.0. The fraction of sp³-hybridized carbons (Fsp3) is 0.146. The molecule has 0 radical (unpaired) electrons. The normalized spacial score (nSPS) is 11.8. The fourth-order valence-electron chi connectivity index (χ4n) is 7.64. The summed E-state index contributed by atoms with van der Waals surface area (Å²) in [5, 5.41) is 61.2. The van der Waals surface area contributed by atoms with Crippen molar-refractivity contribution in [3.05, 3.63) is 130 Å². The van der Waals surface area contributed by atoms with E-state index in [9.17, 15) is 49.8 Å². The van der Waals surface area contributed by atoms with Gasteiger partial charge in [-0.1, -0.05) is 65.9 Å². The molecular formula is C48H39BrN10O18S6. The minimum atomic E-state index is -4.55. The summed E-state index contributed by atoms with van der Waals surface area (Å²) in [6, 6.07) is 30.9. The third-order valence-corrected chi connectivity index (χ3v) is 14.5. The molecule has 3 aromatic heterocycles. The molecule has 0 aliphatic rings. The molecule has 28 nitrogen and oxygen atoms in total. The number of ether oxygens (including phenoxy) is 1. The van der Waals surface area contributed by atoms with E-state index in [1.165, 1.54) is 28.7 Å². The summed E-state index contributed by atoms with van der Waals surface area (Å²) < 4.78 is 151. The molecular weight excluding hydrogens is 1280 g/mol. The van der Waals surface area contributed by atoms with E-state index < -0.39 is 57.3 Å². The van der Waals surface area contributed by atoms with Gasteiger partial charge in [0.15, 0.2) is 16.3 Å². The lowest BCUT2D eigenvalue weighted by molar-refractivity contribution is 0.281. The molecule has 432 valence electrons. The van der Waals surface area contributed by atoms with Crippen molar-refractivity contribution >= 4 is 150 Å². The second-order valence-electron chi connectivity index (χ2n) is 16.8. The van der Waals surface area contributed by atoms with Gasteiger partial charge in [-0.2, -0.15) is 30.5 Å². The summed E-state index contributed by atoms with van der Waals surface area (Å²) in [5.74, 6) is -0.777. The van der Waals surface area contributed by atoms with Crippen molar-refractivity contribution in [2.45, 2.75) is 31.8 Å². The Morgan fingerprint density at radius 3 is 2.06 bits per heavy atom. The van der Waals surface area contributed by atoms with Gasteiger partial charge in [-0.15, -0.1) is 55.9 Å². The van der Waals surface area contributed by atoms with E-state index >= 15 is 0 Å². The number of benzene rings is 6. The number of aromatic nitrogens is 3. The molecule has 0 spiro atoms. The van der Waals surface area contributed by atoms with Crippen LogP contribution < -0.4 is 4.74 Å². The molecule has 9 aromatic rings. The summed E-state index contributed by atoms with van der Waals surface area (Å²) in [5.41, 5.74) is 4.86. The van der Waals surface area contributed by atoms with Crippen molar-refractivity contribution in [1.82, 2.24) is 14.4 Å². The molecule has 6 aromatic carbocycles. The lowest BCUT2D eigenvalue weighted by Gasteiger charge is -2.11. The molecule has 0 saturated carbocycles. The van der Waals surface area contributed by atoms with Crippen molar-refractivity contribution in [3.8, 4) is 29.0 Å². The van der Waals surface area contributed by atoms with E-state index in [-0.39, 0.29) is 75.0 Å². The Balaban J connectivity index is 0.000000770. The number of halogens is 1. The van der Waals surface area contributed by atoms with E-state index in [0.717, 1.165) is 26.6 Å². The Morgan fingerprint density at radius 2 is 1.41 bits per heavy atom. The van der Waals surface area contributed by atoms with E-state index in [2.05, 4.69) is 57.7 Å². The predicted molar refractivity (Wildman–Crippen MR) is 303 cm³/mol. The summed E-state index contributed by atoms with van der Waals surface area (Å²) in [4.78, 5) is 9.06. The topological polar surface area (TPSA) is 443 Å². The maximum atomic E-state index is 12.2. The standard InChI is InChI=1S/C47H35BrN10O9S3.CH4O3S.2O3S/c1-25-19-37(54-55-42-26(2)34(23-49)44-50-35-8-3-4-9-38(35)58(44)46(42)60)39(67-17-6-18-69(61,62)63)22-36(25)53-57-47-51-43(29-14-16-32-28(20-29)11-12-30(24-59)41(32)48)45(68-47)56-52-31-15-13-27-7-5-10-40(33(27)21-31)70(64,65)66;1-5(2,3)4;2*1-4(2)3/h3-5,7-16,19-22,59-60H,6,17-18,24H2,1-2H3,(H,61,62,63)(H,64,65,66);1H3,(H,2,3,4);;. The van der Waals surface area contributed by atoms with Crippen molar-refractivity contribution in [2.75, 3.05) is 18.6 Å². The van der Waals surface area contributed by atoms with Gasteiger partial charge in [-0.3, -0.25) is 18.1 Å². The van der Waals surface area contributed by atoms with Crippen LogP contribution in [-0.4, -0.2) is 107 Å². The highest BCUT2D eigenvalue weighted by Gasteiger charge is 2.22. The van der Waals surface area contributed by atoms with Crippen LogP contribution in [0.25, 0.3) is 49.5 Å². The number of aliphatic hydroxyl groups excluding tert-OH is 1. The number of azo groups is 3. The van der Waals surface area contributed by atoms with Crippen LogP contribution in [0.5, 0.6) is 11.6 Å². The molecule has 9 rings (SSSR count). The van der Waals surface area contributed by atoms with Crippen molar-refractivity contribution in [3.63, 3.8) is 0 Å². The fourth-order valence-corrected chi connectivity index (χ4v) is 10.2. The van der Waals surface area contributed by atoms with Gasteiger partial charge >= 0.3 is 21.2 Å². The number of aliphatic hydroxyl groups is 1. The summed E-state index contributed by atoms with van der Waals surface area (Å²) in [6.45, 7) is 3.02. The first kappa shape index (κ1) is 63.9. The van der Waals surface area contributed by atoms with Crippen LogP contribution >= 0.6 is 27.3 Å². The third-order valence-electron chi connectivity index (χ3n) is 11.1. The second-order valence-corrected chi connectivity index (χ2v) is 23.8. The number of imidazole rings is 1. The van der Waals surface area contributed by atoms with E-state index in [1.54, 1.807) is 68.4 Å². The lowest BCUT2D eigenvalue weighted by Crippen LogP contribution is -2.08. The molecule has 0 saturated heterocycles. The lowest BCUT2D eigenvalue weighted by atomic mass is 10.0. The van der Waals surface area contributed by atoms with Gasteiger partial charge in [-0.25, -0.2) is 9.97 Å². The van der Waals surface area contributed by atoms with Gasteiger partial charge in [0.25, 0.3) is 30.4 Å².